The van der Waals surface area contributed by atoms with Crippen LogP contribution in [0.25, 0.3) is 10.8 Å². The highest BCUT2D eigenvalue weighted by Crippen LogP contribution is 2.27. The number of hydrogen-bond donors (Lipinski definition) is 1. The predicted octanol–water partition coefficient (Wildman–Crippen LogP) is 4.70. The van der Waals surface area contributed by atoms with Gasteiger partial charge in [-0.3, -0.25) is 0 Å². The van der Waals surface area contributed by atoms with Crippen LogP contribution in [-0.4, -0.2) is 7.05 Å². The summed E-state index contributed by atoms with van der Waals surface area (Å²) in [5.41, 5.74) is 1.30. The molecular weight excluding hydrogens is 314 g/mol. The molecule has 3 heteroatoms. The molecular formula is C17H16BrNO. The van der Waals surface area contributed by atoms with Crippen LogP contribution < -0.4 is 5.32 Å². The summed E-state index contributed by atoms with van der Waals surface area (Å²) in [4.78, 5) is 0. The summed E-state index contributed by atoms with van der Waals surface area (Å²) >= 11 is 3.53. The molecule has 3 rings (SSSR count). The van der Waals surface area contributed by atoms with Gasteiger partial charge in [0, 0.05) is 0 Å². The topological polar surface area (TPSA) is 25.2 Å². The van der Waals surface area contributed by atoms with E-state index >= 15 is 0 Å². The van der Waals surface area contributed by atoms with Gasteiger partial charge in [0.05, 0.1) is 16.8 Å². The second-order valence-corrected chi connectivity index (χ2v) is 5.71. The highest BCUT2D eigenvalue weighted by molar-refractivity contribution is 9.10. The van der Waals surface area contributed by atoms with Crippen molar-refractivity contribution in [3.05, 3.63) is 70.6 Å². The molecule has 0 spiro atoms. The fraction of sp³-hybridized carbons (Fsp3) is 0.176. The fourth-order valence-electron chi connectivity index (χ4n) is 2.48. The molecule has 0 saturated heterocycles. The van der Waals surface area contributed by atoms with E-state index in [4.69, 9.17) is 4.42 Å². The Labute approximate surface area is 126 Å². The fourth-order valence-corrected chi connectivity index (χ4v) is 2.96. The minimum absolute atomic E-state index is 0.167. The van der Waals surface area contributed by atoms with E-state index in [-0.39, 0.29) is 6.04 Å². The predicted molar refractivity (Wildman–Crippen MR) is 85.9 cm³/mol. The van der Waals surface area contributed by atoms with E-state index in [1.54, 1.807) is 6.26 Å². The first-order valence-corrected chi connectivity index (χ1v) is 7.45. The van der Waals surface area contributed by atoms with Crippen molar-refractivity contribution in [2.24, 2.45) is 0 Å². The molecule has 3 aromatic rings. The van der Waals surface area contributed by atoms with E-state index < -0.39 is 0 Å². The second kappa shape index (κ2) is 5.81. The number of likely N-dealkylation sites (N-methyl/N-ethyl adjacent to an activating group) is 1. The van der Waals surface area contributed by atoms with Crippen molar-refractivity contribution in [2.75, 3.05) is 7.05 Å². The third-order valence-electron chi connectivity index (χ3n) is 3.56. The van der Waals surface area contributed by atoms with Crippen molar-refractivity contribution in [3.63, 3.8) is 0 Å². The molecule has 0 aliphatic carbocycles. The Morgan fingerprint density at radius 1 is 1.10 bits per heavy atom. The Morgan fingerprint density at radius 3 is 2.60 bits per heavy atom. The van der Waals surface area contributed by atoms with Crippen molar-refractivity contribution in [2.45, 2.75) is 12.5 Å². The van der Waals surface area contributed by atoms with Crippen molar-refractivity contribution in [1.82, 2.24) is 5.32 Å². The lowest BCUT2D eigenvalue weighted by atomic mass is 10.0. The van der Waals surface area contributed by atoms with Gasteiger partial charge in [-0.05, 0) is 51.8 Å². The maximum absolute atomic E-state index is 5.57. The summed E-state index contributed by atoms with van der Waals surface area (Å²) in [6, 6.07) is 17.1. The highest BCUT2D eigenvalue weighted by Gasteiger charge is 2.16. The second-order valence-electron chi connectivity index (χ2n) is 4.86. The van der Waals surface area contributed by atoms with Crippen LogP contribution in [0.3, 0.4) is 0 Å². The van der Waals surface area contributed by atoms with Crippen LogP contribution in [0, 0.1) is 0 Å². The molecule has 0 aliphatic rings. The average molecular weight is 330 g/mol. The molecule has 20 heavy (non-hydrogen) atoms. The van der Waals surface area contributed by atoms with Crippen LogP contribution in [0.5, 0.6) is 0 Å². The quantitative estimate of drug-likeness (QED) is 0.750. The zero-order chi connectivity index (χ0) is 13.9. The van der Waals surface area contributed by atoms with Crippen molar-refractivity contribution < 1.29 is 4.42 Å². The van der Waals surface area contributed by atoms with Crippen LogP contribution in [0.1, 0.15) is 17.4 Å². The largest absolute Gasteiger partial charge is 0.466 e. The molecule has 1 atom stereocenters. The number of furan rings is 1. The first kappa shape index (κ1) is 13.4. The summed E-state index contributed by atoms with van der Waals surface area (Å²) in [5.74, 6) is 0.945. The summed E-state index contributed by atoms with van der Waals surface area (Å²) in [7, 11) is 1.96. The van der Waals surface area contributed by atoms with Gasteiger partial charge >= 0.3 is 0 Å². The molecule has 0 saturated carbocycles. The lowest BCUT2D eigenvalue weighted by Gasteiger charge is -2.15. The van der Waals surface area contributed by atoms with E-state index in [1.807, 2.05) is 13.1 Å². The monoisotopic (exact) mass is 329 g/mol. The maximum Gasteiger partial charge on any atom is 0.135 e. The van der Waals surface area contributed by atoms with Gasteiger partial charge in [0.25, 0.3) is 0 Å². The van der Waals surface area contributed by atoms with Gasteiger partial charge in [-0.2, -0.15) is 0 Å². The van der Waals surface area contributed by atoms with E-state index in [1.165, 1.54) is 16.3 Å². The van der Waals surface area contributed by atoms with Crippen LogP contribution in [0.2, 0.25) is 0 Å². The summed E-state index contributed by atoms with van der Waals surface area (Å²) < 4.78 is 6.58. The summed E-state index contributed by atoms with van der Waals surface area (Å²) in [6.45, 7) is 0. The molecule has 0 aliphatic heterocycles. The highest BCUT2D eigenvalue weighted by atomic mass is 79.9. The van der Waals surface area contributed by atoms with Gasteiger partial charge in [-0.15, -0.1) is 0 Å². The van der Waals surface area contributed by atoms with Crippen LogP contribution >= 0.6 is 15.9 Å². The molecule has 1 N–H and O–H groups in total. The van der Waals surface area contributed by atoms with Gasteiger partial charge in [-0.1, -0.05) is 42.5 Å². The Morgan fingerprint density at radius 2 is 1.90 bits per heavy atom. The van der Waals surface area contributed by atoms with Crippen molar-refractivity contribution in [1.29, 1.82) is 0 Å². The number of rotatable bonds is 4. The van der Waals surface area contributed by atoms with E-state index in [2.05, 4.69) is 63.7 Å². The Hall–Kier alpha value is -1.58. The number of benzene rings is 2. The summed E-state index contributed by atoms with van der Waals surface area (Å²) in [5, 5.41) is 5.87. The Bertz CT molecular complexity index is 720. The third kappa shape index (κ3) is 2.65. The van der Waals surface area contributed by atoms with Gasteiger partial charge in [0.1, 0.15) is 5.76 Å². The minimum atomic E-state index is 0.167. The number of halogens is 1. The molecule has 0 radical (unpaired) electrons. The Kier molecular flexibility index (Phi) is 3.90. The zero-order valence-electron chi connectivity index (χ0n) is 11.3. The minimum Gasteiger partial charge on any atom is -0.466 e. The van der Waals surface area contributed by atoms with Crippen LogP contribution in [0.15, 0.2) is 63.7 Å². The first-order valence-electron chi connectivity index (χ1n) is 6.66. The zero-order valence-corrected chi connectivity index (χ0v) is 12.9. The smallest absolute Gasteiger partial charge is 0.135 e. The summed E-state index contributed by atoms with van der Waals surface area (Å²) in [6.07, 6.45) is 2.61. The number of nitrogens with one attached hydrogen (secondary N) is 1. The van der Waals surface area contributed by atoms with E-state index in [0.29, 0.717) is 0 Å². The van der Waals surface area contributed by atoms with E-state index in [0.717, 1.165) is 16.7 Å². The molecule has 0 fully saturated rings. The normalized spacial score (nSPS) is 12.7. The lowest BCUT2D eigenvalue weighted by Crippen LogP contribution is -2.18. The van der Waals surface area contributed by atoms with Gasteiger partial charge in [-0.25, -0.2) is 0 Å². The van der Waals surface area contributed by atoms with Gasteiger partial charge < -0.3 is 9.73 Å². The molecule has 1 aromatic heterocycles. The molecule has 2 aromatic carbocycles. The lowest BCUT2D eigenvalue weighted by molar-refractivity contribution is 0.427. The average Bonchev–Trinajstić information content (AvgIpc) is 2.91. The van der Waals surface area contributed by atoms with Crippen LogP contribution in [-0.2, 0) is 6.42 Å². The van der Waals surface area contributed by atoms with Crippen molar-refractivity contribution in [3.8, 4) is 0 Å². The van der Waals surface area contributed by atoms with E-state index in [9.17, 15) is 0 Å². The molecule has 0 bridgehead atoms. The third-order valence-corrected chi connectivity index (χ3v) is 4.22. The Balaban J connectivity index is 1.89. The molecule has 1 unspecified atom stereocenters. The van der Waals surface area contributed by atoms with Crippen LogP contribution in [0.4, 0.5) is 0 Å². The number of fused-ring (bicyclic) bond motifs is 1. The first-order chi connectivity index (χ1) is 9.78. The number of hydrogen-bond acceptors (Lipinski definition) is 2. The van der Waals surface area contributed by atoms with Gasteiger partial charge in [0.15, 0.2) is 0 Å². The standard InChI is InChI=1S/C17H16BrNO/c1-19-16(17-15(18)8-9-20-17)11-12-6-7-13-4-2-3-5-14(13)10-12/h2-10,16,19H,11H2,1H3. The molecule has 1 heterocycles. The molecule has 102 valence electrons. The SMILES string of the molecule is CNC(Cc1ccc2ccccc2c1)c1occc1Br. The molecule has 2 nitrogen and oxygen atoms in total. The van der Waals surface area contributed by atoms with Crippen molar-refractivity contribution >= 4 is 26.7 Å². The molecule has 0 amide bonds. The maximum atomic E-state index is 5.57. The van der Waals surface area contributed by atoms with Gasteiger partial charge in [0.2, 0.25) is 0 Å².